The van der Waals surface area contributed by atoms with Gasteiger partial charge in [0.25, 0.3) is 0 Å². The minimum absolute atomic E-state index is 0.408. The highest BCUT2D eigenvalue weighted by Gasteiger charge is 2.11. The standard InChI is InChI=1S/C16H12Br2N4OS/c1-23-14-7-6-11(17)8-10(14)9-19-22-15(20-21-16(22)24)12-4-2-3-5-13(12)18/h2-9H,1H3,(H,21,24). The summed E-state index contributed by atoms with van der Waals surface area (Å²) in [5.41, 5.74) is 1.72. The molecule has 5 nitrogen and oxygen atoms in total. The minimum atomic E-state index is 0.408. The quantitative estimate of drug-likeness (QED) is 0.432. The largest absolute Gasteiger partial charge is 0.496 e. The zero-order valence-corrected chi connectivity index (χ0v) is 16.5. The molecule has 122 valence electrons. The molecule has 0 saturated carbocycles. The molecule has 0 radical (unpaired) electrons. The van der Waals surface area contributed by atoms with Gasteiger partial charge in [-0.3, -0.25) is 0 Å². The van der Waals surface area contributed by atoms with Crippen molar-refractivity contribution in [1.29, 1.82) is 0 Å². The van der Waals surface area contributed by atoms with Gasteiger partial charge in [0.1, 0.15) is 5.75 Å². The molecule has 1 aromatic heterocycles. The molecular weight excluding hydrogens is 456 g/mol. The number of hydrogen-bond donors (Lipinski definition) is 1. The Balaban J connectivity index is 2.06. The summed E-state index contributed by atoms with van der Waals surface area (Å²) in [5, 5.41) is 11.5. The molecule has 0 aliphatic rings. The Kier molecular flexibility index (Phi) is 5.27. The maximum absolute atomic E-state index is 5.36. The first-order valence-corrected chi connectivity index (χ1v) is 8.90. The molecule has 24 heavy (non-hydrogen) atoms. The predicted molar refractivity (Wildman–Crippen MR) is 104 cm³/mol. The molecule has 0 bridgehead atoms. The molecule has 0 amide bonds. The first-order chi connectivity index (χ1) is 11.6. The van der Waals surface area contributed by atoms with E-state index < -0.39 is 0 Å². The van der Waals surface area contributed by atoms with E-state index in [1.807, 2.05) is 42.5 Å². The Bertz CT molecular complexity index is 965. The van der Waals surface area contributed by atoms with E-state index in [-0.39, 0.29) is 0 Å². The lowest BCUT2D eigenvalue weighted by Gasteiger charge is -2.06. The highest BCUT2D eigenvalue weighted by molar-refractivity contribution is 9.10. The van der Waals surface area contributed by atoms with Crippen molar-refractivity contribution in [1.82, 2.24) is 14.9 Å². The number of ether oxygens (including phenoxy) is 1. The Hall–Kier alpha value is -1.77. The monoisotopic (exact) mass is 466 g/mol. The predicted octanol–water partition coefficient (Wildman–Crippen LogP) is 5.02. The maximum atomic E-state index is 5.36. The van der Waals surface area contributed by atoms with Gasteiger partial charge in [-0.05, 0) is 42.5 Å². The van der Waals surface area contributed by atoms with Crippen molar-refractivity contribution in [2.75, 3.05) is 7.11 Å². The third-order valence-corrected chi connectivity index (χ3v) is 4.72. The third-order valence-electron chi connectivity index (χ3n) is 3.27. The van der Waals surface area contributed by atoms with Gasteiger partial charge >= 0.3 is 0 Å². The third kappa shape index (κ3) is 3.50. The number of benzene rings is 2. The number of aromatic nitrogens is 3. The van der Waals surface area contributed by atoms with Gasteiger partial charge in [0, 0.05) is 20.1 Å². The fraction of sp³-hybridized carbons (Fsp3) is 0.0625. The number of halogens is 2. The summed E-state index contributed by atoms with van der Waals surface area (Å²) < 4.78 is 9.19. The molecule has 0 fully saturated rings. The topological polar surface area (TPSA) is 55.2 Å². The van der Waals surface area contributed by atoms with E-state index in [2.05, 4.69) is 47.2 Å². The van der Waals surface area contributed by atoms with Crippen LogP contribution >= 0.6 is 44.1 Å². The van der Waals surface area contributed by atoms with Crippen LogP contribution in [-0.4, -0.2) is 28.2 Å². The van der Waals surface area contributed by atoms with E-state index in [0.717, 1.165) is 25.8 Å². The normalized spacial score (nSPS) is 11.1. The molecule has 2 aromatic carbocycles. The number of hydrogen-bond acceptors (Lipinski definition) is 4. The number of methoxy groups -OCH3 is 1. The van der Waals surface area contributed by atoms with Crippen molar-refractivity contribution in [3.8, 4) is 17.1 Å². The van der Waals surface area contributed by atoms with Crippen LogP contribution < -0.4 is 4.74 Å². The van der Waals surface area contributed by atoms with Crippen molar-refractivity contribution in [3.05, 3.63) is 61.7 Å². The molecule has 1 heterocycles. The van der Waals surface area contributed by atoms with E-state index in [1.165, 1.54) is 0 Å². The molecule has 3 aromatic rings. The summed E-state index contributed by atoms with van der Waals surface area (Å²) in [4.78, 5) is 0. The zero-order valence-electron chi connectivity index (χ0n) is 12.5. The molecule has 0 aliphatic heterocycles. The van der Waals surface area contributed by atoms with Gasteiger partial charge in [-0.15, -0.1) is 0 Å². The fourth-order valence-corrected chi connectivity index (χ4v) is 3.16. The first-order valence-electron chi connectivity index (χ1n) is 6.90. The SMILES string of the molecule is COc1ccc(Br)cc1C=Nn1c(-c2ccccc2Br)n[nH]c1=S. The van der Waals surface area contributed by atoms with Crippen LogP contribution in [0, 0.1) is 4.77 Å². The van der Waals surface area contributed by atoms with Crippen LogP contribution in [0.15, 0.2) is 56.5 Å². The van der Waals surface area contributed by atoms with Gasteiger partial charge in [-0.2, -0.15) is 14.9 Å². The van der Waals surface area contributed by atoms with E-state index in [0.29, 0.717) is 10.6 Å². The van der Waals surface area contributed by atoms with Crippen LogP contribution in [0.4, 0.5) is 0 Å². The number of H-pyrrole nitrogens is 1. The number of rotatable bonds is 4. The van der Waals surface area contributed by atoms with Gasteiger partial charge in [0.05, 0.1) is 13.3 Å². The smallest absolute Gasteiger partial charge is 0.216 e. The fourth-order valence-electron chi connectivity index (χ4n) is 2.14. The van der Waals surface area contributed by atoms with Gasteiger partial charge in [0.2, 0.25) is 4.77 Å². The summed E-state index contributed by atoms with van der Waals surface area (Å²) in [6.07, 6.45) is 1.69. The molecule has 0 saturated heterocycles. The average molecular weight is 468 g/mol. The van der Waals surface area contributed by atoms with Crippen LogP contribution in [0.1, 0.15) is 5.56 Å². The number of nitrogens with one attached hydrogen (secondary N) is 1. The second kappa shape index (κ2) is 7.42. The second-order valence-electron chi connectivity index (χ2n) is 4.77. The Labute approximate surface area is 160 Å². The van der Waals surface area contributed by atoms with E-state index >= 15 is 0 Å². The lowest BCUT2D eigenvalue weighted by atomic mass is 10.2. The maximum Gasteiger partial charge on any atom is 0.216 e. The van der Waals surface area contributed by atoms with E-state index in [1.54, 1.807) is 18.0 Å². The summed E-state index contributed by atoms with van der Waals surface area (Å²) in [6.45, 7) is 0. The van der Waals surface area contributed by atoms with Crippen LogP contribution in [-0.2, 0) is 0 Å². The molecule has 8 heteroatoms. The first kappa shape index (κ1) is 17.1. The van der Waals surface area contributed by atoms with Gasteiger partial charge in [-0.1, -0.05) is 44.0 Å². The van der Waals surface area contributed by atoms with Gasteiger partial charge < -0.3 is 4.74 Å². The van der Waals surface area contributed by atoms with Crippen molar-refractivity contribution in [2.45, 2.75) is 0 Å². The summed E-state index contributed by atoms with van der Waals surface area (Å²) in [6, 6.07) is 13.5. The Morgan fingerprint density at radius 3 is 2.79 bits per heavy atom. The van der Waals surface area contributed by atoms with Crippen molar-refractivity contribution >= 4 is 50.3 Å². The van der Waals surface area contributed by atoms with E-state index in [4.69, 9.17) is 17.0 Å². The van der Waals surface area contributed by atoms with Crippen molar-refractivity contribution < 1.29 is 4.74 Å². The van der Waals surface area contributed by atoms with Crippen LogP contribution in [0.2, 0.25) is 0 Å². The molecule has 1 N–H and O–H groups in total. The highest BCUT2D eigenvalue weighted by Crippen LogP contribution is 2.27. The van der Waals surface area contributed by atoms with Crippen molar-refractivity contribution in [3.63, 3.8) is 0 Å². The second-order valence-corrected chi connectivity index (χ2v) is 6.93. The summed E-state index contributed by atoms with van der Waals surface area (Å²) in [7, 11) is 1.62. The highest BCUT2D eigenvalue weighted by atomic mass is 79.9. The van der Waals surface area contributed by atoms with Crippen molar-refractivity contribution in [2.24, 2.45) is 5.10 Å². The van der Waals surface area contributed by atoms with Crippen LogP contribution in [0.25, 0.3) is 11.4 Å². The van der Waals surface area contributed by atoms with Gasteiger partial charge in [0.15, 0.2) is 5.82 Å². The average Bonchev–Trinajstić information content (AvgIpc) is 2.94. The van der Waals surface area contributed by atoms with E-state index in [9.17, 15) is 0 Å². The molecule has 0 spiro atoms. The van der Waals surface area contributed by atoms with Crippen LogP contribution in [0.5, 0.6) is 5.75 Å². The Morgan fingerprint density at radius 2 is 2.04 bits per heavy atom. The molecule has 0 aliphatic carbocycles. The zero-order chi connectivity index (χ0) is 17.1. The lowest BCUT2D eigenvalue weighted by Crippen LogP contribution is -1.97. The number of nitrogens with zero attached hydrogens (tertiary/aromatic N) is 3. The summed E-state index contributed by atoms with van der Waals surface area (Å²) >= 11 is 12.3. The Morgan fingerprint density at radius 1 is 1.25 bits per heavy atom. The molecule has 0 unspecified atom stereocenters. The minimum Gasteiger partial charge on any atom is -0.496 e. The number of aromatic amines is 1. The molecular formula is C16H12Br2N4OS. The summed E-state index contributed by atoms with van der Waals surface area (Å²) in [5.74, 6) is 1.34. The van der Waals surface area contributed by atoms with Crippen LogP contribution in [0.3, 0.4) is 0 Å². The molecule has 3 rings (SSSR count). The molecule has 0 atom stereocenters. The van der Waals surface area contributed by atoms with Gasteiger partial charge in [-0.25, -0.2) is 5.10 Å². The lowest BCUT2D eigenvalue weighted by molar-refractivity contribution is 0.414.